The molecular weight excluding hydrogens is 446 g/mol. The first-order valence-corrected chi connectivity index (χ1v) is 11.3. The maximum absolute atomic E-state index is 9.55. The maximum atomic E-state index is 9.55. The van der Waals surface area contributed by atoms with Crippen LogP contribution in [-0.4, -0.2) is 59.2 Å². The van der Waals surface area contributed by atoms with Crippen LogP contribution in [0.3, 0.4) is 0 Å². The number of aliphatic carboxylic acids is 2. The Morgan fingerprint density at radius 2 is 1.60 bits per heavy atom. The lowest BCUT2D eigenvalue weighted by atomic mass is 10.2. The van der Waals surface area contributed by atoms with E-state index in [-0.39, 0.29) is 0 Å². The molecule has 0 unspecified atom stereocenters. The normalized spacial score (nSPS) is 13.7. The highest BCUT2D eigenvalue weighted by atomic mass is 16.4. The van der Waals surface area contributed by atoms with E-state index in [1.54, 1.807) is 0 Å². The predicted octanol–water partition coefficient (Wildman–Crippen LogP) is 3.73. The number of rotatable bonds is 6. The van der Waals surface area contributed by atoms with Gasteiger partial charge in [0.05, 0.1) is 22.9 Å². The summed E-state index contributed by atoms with van der Waals surface area (Å²) < 4.78 is 4.34. The Kier molecular flexibility index (Phi) is 7.37. The van der Waals surface area contributed by atoms with Crippen molar-refractivity contribution in [3.63, 3.8) is 0 Å². The fraction of sp³-hybridized carbons (Fsp3) is 0.231. The van der Waals surface area contributed by atoms with Gasteiger partial charge in [0.1, 0.15) is 12.2 Å². The number of para-hydroxylation sites is 2. The molecule has 2 N–H and O–H groups in total. The molecule has 0 aliphatic carbocycles. The average Bonchev–Trinajstić information content (AvgIpc) is 3.60. The molecule has 1 fully saturated rings. The summed E-state index contributed by atoms with van der Waals surface area (Å²) in [5.74, 6) is -1.49. The van der Waals surface area contributed by atoms with Crippen molar-refractivity contribution in [1.29, 1.82) is 0 Å². The largest absolute Gasteiger partial charge is 0.478 e. The zero-order chi connectivity index (χ0) is 24.8. The quantitative estimate of drug-likeness (QED) is 0.410. The molecule has 9 heteroatoms. The SMILES string of the molecule is Cn1c(CN2CCCC2)cnc1-c1ccc(-n2cnc3ccccc32)cc1.O=C(O)/C=C/C(=O)O. The van der Waals surface area contributed by atoms with E-state index in [1.807, 2.05) is 30.7 Å². The van der Waals surface area contributed by atoms with Crippen LogP contribution >= 0.6 is 0 Å². The Balaban J connectivity index is 0.000000314. The van der Waals surface area contributed by atoms with Crippen LogP contribution in [0.2, 0.25) is 0 Å². The molecule has 0 saturated carbocycles. The zero-order valence-corrected chi connectivity index (χ0v) is 19.4. The van der Waals surface area contributed by atoms with Gasteiger partial charge in [0.15, 0.2) is 0 Å². The molecule has 0 radical (unpaired) electrons. The summed E-state index contributed by atoms with van der Waals surface area (Å²) in [4.78, 5) is 30.8. The minimum absolute atomic E-state index is 0.558. The van der Waals surface area contributed by atoms with E-state index >= 15 is 0 Å². The number of benzene rings is 2. The second-order valence-corrected chi connectivity index (χ2v) is 8.28. The van der Waals surface area contributed by atoms with Crippen LogP contribution in [0.15, 0.2) is 73.2 Å². The van der Waals surface area contributed by atoms with Gasteiger partial charge in [-0.15, -0.1) is 0 Å². The topological polar surface area (TPSA) is 113 Å². The van der Waals surface area contributed by atoms with Gasteiger partial charge < -0.3 is 14.8 Å². The predicted molar refractivity (Wildman–Crippen MR) is 132 cm³/mol. The van der Waals surface area contributed by atoms with Gasteiger partial charge >= 0.3 is 11.9 Å². The molecule has 9 nitrogen and oxygen atoms in total. The molecule has 0 bridgehead atoms. The number of nitrogens with zero attached hydrogens (tertiary/aromatic N) is 5. The smallest absolute Gasteiger partial charge is 0.328 e. The van der Waals surface area contributed by atoms with Gasteiger partial charge in [-0.05, 0) is 62.3 Å². The van der Waals surface area contributed by atoms with Crippen LogP contribution in [0.1, 0.15) is 18.5 Å². The molecule has 1 saturated heterocycles. The minimum Gasteiger partial charge on any atom is -0.478 e. The average molecular weight is 474 g/mol. The summed E-state index contributed by atoms with van der Waals surface area (Å²) in [5.41, 5.74) is 5.65. The number of fused-ring (bicyclic) bond motifs is 1. The van der Waals surface area contributed by atoms with E-state index in [9.17, 15) is 9.59 Å². The lowest BCUT2D eigenvalue weighted by Crippen LogP contribution is -2.20. The third-order valence-corrected chi connectivity index (χ3v) is 5.89. The Bertz CT molecular complexity index is 1330. The molecule has 180 valence electrons. The van der Waals surface area contributed by atoms with E-state index in [2.05, 4.69) is 61.4 Å². The van der Waals surface area contributed by atoms with Gasteiger partial charge in [-0.3, -0.25) is 9.47 Å². The van der Waals surface area contributed by atoms with Crippen molar-refractivity contribution in [2.45, 2.75) is 19.4 Å². The van der Waals surface area contributed by atoms with Gasteiger partial charge in [0, 0.05) is 37.0 Å². The van der Waals surface area contributed by atoms with E-state index in [0.717, 1.165) is 34.7 Å². The molecule has 2 aromatic heterocycles. The molecule has 5 rings (SSSR count). The van der Waals surface area contributed by atoms with Crippen LogP contribution in [0.4, 0.5) is 0 Å². The fourth-order valence-corrected chi connectivity index (χ4v) is 4.11. The van der Waals surface area contributed by atoms with Crippen molar-refractivity contribution in [3.8, 4) is 17.1 Å². The lowest BCUT2D eigenvalue weighted by molar-refractivity contribution is -0.134. The van der Waals surface area contributed by atoms with Crippen LogP contribution in [0, 0.1) is 0 Å². The molecule has 0 atom stereocenters. The molecule has 4 aromatic rings. The molecular formula is C26H27N5O4. The summed E-state index contributed by atoms with van der Waals surface area (Å²) in [5, 5.41) is 15.6. The van der Waals surface area contributed by atoms with Crippen molar-refractivity contribution in [2.24, 2.45) is 7.05 Å². The van der Waals surface area contributed by atoms with Gasteiger partial charge in [0.25, 0.3) is 0 Å². The maximum Gasteiger partial charge on any atom is 0.328 e. The number of aromatic nitrogens is 4. The Hall–Kier alpha value is -4.24. The van der Waals surface area contributed by atoms with E-state index in [4.69, 9.17) is 10.2 Å². The monoisotopic (exact) mass is 473 g/mol. The number of carboxylic acid groups (broad SMARTS) is 2. The number of imidazole rings is 2. The molecule has 1 aliphatic heterocycles. The number of likely N-dealkylation sites (tertiary alicyclic amines) is 1. The fourth-order valence-electron chi connectivity index (χ4n) is 4.11. The van der Waals surface area contributed by atoms with Crippen molar-refractivity contribution in [1.82, 2.24) is 24.0 Å². The van der Waals surface area contributed by atoms with Crippen LogP contribution < -0.4 is 0 Å². The highest BCUT2D eigenvalue weighted by Gasteiger charge is 2.16. The summed E-state index contributed by atoms with van der Waals surface area (Å²) in [6.45, 7) is 3.39. The Morgan fingerprint density at radius 1 is 0.943 bits per heavy atom. The number of hydrogen-bond acceptors (Lipinski definition) is 5. The van der Waals surface area contributed by atoms with Crippen molar-refractivity contribution >= 4 is 23.0 Å². The van der Waals surface area contributed by atoms with Gasteiger partial charge in [0.2, 0.25) is 0 Å². The molecule has 3 heterocycles. The molecule has 0 spiro atoms. The van der Waals surface area contributed by atoms with Gasteiger partial charge in [-0.25, -0.2) is 19.6 Å². The summed E-state index contributed by atoms with van der Waals surface area (Å²) in [6, 6.07) is 16.8. The Labute approximate surface area is 202 Å². The van der Waals surface area contributed by atoms with Crippen LogP contribution in [0.5, 0.6) is 0 Å². The highest BCUT2D eigenvalue weighted by Crippen LogP contribution is 2.24. The summed E-state index contributed by atoms with van der Waals surface area (Å²) >= 11 is 0. The van der Waals surface area contributed by atoms with Gasteiger partial charge in [-0.1, -0.05) is 12.1 Å². The minimum atomic E-state index is -1.26. The van der Waals surface area contributed by atoms with E-state index in [1.165, 1.54) is 31.6 Å². The van der Waals surface area contributed by atoms with Crippen molar-refractivity contribution in [3.05, 3.63) is 78.9 Å². The third kappa shape index (κ3) is 5.82. The van der Waals surface area contributed by atoms with E-state index < -0.39 is 11.9 Å². The second-order valence-electron chi connectivity index (χ2n) is 8.28. The first-order valence-electron chi connectivity index (χ1n) is 11.3. The number of carboxylic acids is 2. The van der Waals surface area contributed by atoms with Crippen molar-refractivity contribution in [2.75, 3.05) is 13.1 Å². The summed E-state index contributed by atoms with van der Waals surface area (Å²) in [6.07, 6.45) is 7.65. The Morgan fingerprint density at radius 3 is 2.26 bits per heavy atom. The standard InChI is InChI=1S/C22H23N5.C4H4O4/c1-25-19(15-26-12-4-5-13-26)14-23-22(25)17-8-10-18(11-9-17)27-16-24-20-6-2-3-7-21(20)27;5-3(6)1-2-4(7)8/h2-3,6-11,14,16H,4-5,12-13,15H2,1H3;1-2H,(H,5,6)(H,7,8)/b;2-1+. The molecule has 2 aromatic carbocycles. The first kappa shape index (κ1) is 23.9. The number of carbonyl (C=O) groups is 2. The van der Waals surface area contributed by atoms with Crippen LogP contribution in [0.25, 0.3) is 28.1 Å². The second kappa shape index (κ2) is 10.8. The summed E-state index contributed by atoms with van der Waals surface area (Å²) in [7, 11) is 2.12. The zero-order valence-electron chi connectivity index (χ0n) is 19.4. The first-order chi connectivity index (χ1) is 16.9. The van der Waals surface area contributed by atoms with E-state index in [0.29, 0.717) is 12.2 Å². The molecule has 35 heavy (non-hydrogen) atoms. The lowest BCUT2D eigenvalue weighted by Gasteiger charge is -2.15. The van der Waals surface area contributed by atoms with Crippen LogP contribution in [-0.2, 0) is 23.2 Å². The number of hydrogen-bond donors (Lipinski definition) is 2. The molecule has 1 aliphatic rings. The highest BCUT2D eigenvalue weighted by molar-refractivity contribution is 5.89. The van der Waals surface area contributed by atoms with Crippen molar-refractivity contribution < 1.29 is 19.8 Å². The van der Waals surface area contributed by atoms with Gasteiger partial charge in [-0.2, -0.15) is 0 Å². The third-order valence-electron chi connectivity index (χ3n) is 5.89. The molecule has 0 amide bonds.